The minimum atomic E-state index is -0.470. The number of nitrogens with zero attached hydrogens (tertiary/aromatic N) is 2. The molecular weight excluding hydrogens is 380 g/mol. The van der Waals surface area contributed by atoms with Gasteiger partial charge in [0.15, 0.2) is 0 Å². The Morgan fingerprint density at radius 2 is 2.00 bits per heavy atom. The summed E-state index contributed by atoms with van der Waals surface area (Å²) in [5.74, 6) is -0.0349. The predicted octanol–water partition coefficient (Wildman–Crippen LogP) is 3.22. The fourth-order valence-corrected chi connectivity index (χ4v) is 2.86. The maximum absolute atomic E-state index is 12.1. The maximum Gasteiger partial charge on any atom is 0.289 e. The van der Waals surface area contributed by atoms with Gasteiger partial charge in [0.05, 0.1) is 6.61 Å². The van der Waals surface area contributed by atoms with E-state index in [4.69, 9.17) is 16.3 Å². The second-order valence-corrected chi connectivity index (χ2v) is 6.90. The molecule has 7 nitrogen and oxygen atoms in total. The Hall–Kier alpha value is -3.06. The Morgan fingerprint density at radius 3 is 2.79 bits per heavy atom. The molecule has 0 saturated heterocycles. The SMILES string of the molecule is Cc1ccn2cc(C(=O)NNC(=O)CCCOc3ccc(Cl)cc3C)nc2c1. The Labute approximate surface area is 167 Å². The molecule has 2 amide bonds. The van der Waals surface area contributed by atoms with Gasteiger partial charge in [-0.05, 0) is 61.7 Å². The van der Waals surface area contributed by atoms with Gasteiger partial charge in [0.25, 0.3) is 5.91 Å². The van der Waals surface area contributed by atoms with E-state index < -0.39 is 5.91 Å². The van der Waals surface area contributed by atoms with E-state index in [2.05, 4.69) is 15.8 Å². The molecule has 0 saturated carbocycles. The summed E-state index contributed by atoms with van der Waals surface area (Å²) in [7, 11) is 0. The van der Waals surface area contributed by atoms with E-state index in [1.165, 1.54) is 0 Å². The van der Waals surface area contributed by atoms with E-state index in [0.29, 0.717) is 23.7 Å². The summed E-state index contributed by atoms with van der Waals surface area (Å²) in [4.78, 5) is 28.3. The van der Waals surface area contributed by atoms with Crippen molar-refractivity contribution in [2.24, 2.45) is 0 Å². The number of aromatic nitrogens is 2. The quantitative estimate of drug-likeness (QED) is 0.491. The molecule has 0 aliphatic heterocycles. The van der Waals surface area contributed by atoms with E-state index in [1.807, 2.05) is 38.2 Å². The third-order valence-corrected chi connectivity index (χ3v) is 4.34. The van der Waals surface area contributed by atoms with Crippen LogP contribution in [0, 0.1) is 13.8 Å². The molecule has 0 spiro atoms. The van der Waals surface area contributed by atoms with Crippen molar-refractivity contribution in [2.75, 3.05) is 6.61 Å². The molecule has 2 N–H and O–H groups in total. The molecule has 0 bridgehead atoms. The van der Waals surface area contributed by atoms with Crippen molar-refractivity contribution in [3.63, 3.8) is 0 Å². The number of carbonyl (C=O) groups is 2. The van der Waals surface area contributed by atoms with Crippen molar-refractivity contribution in [1.29, 1.82) is 0 Å². The van der Waals surface area contributed by atoms with Crippen LogP contribution in [0.25, 0.3) is 5.65 Å². The number of hydrogen-bond acceptors (Lipinski definition) is 4. The van der Waals surface area contributed by atoms with Gasteiger partial charge in [-0.2, -0.15) is 0 Å². The summed E-state index contributed by atoms with van der Waals surface area (Å²) in [6.45, 7) is 4.24. The lowest BCUT2D eigenvalue weighted by Gasteiger charge is -2.09. The number of pyridine rings is 1. The molecule has 28 heavy (non-hydrogen) atoms. The molecular formula is C20H21ClN4O3. The average Bonchev–Trinajstić information content (AvgIpc) is 3.08. The minimum Gasteiger partial charge on any atom is -0.493 e. The summed E-state index contributed by atoms with van der Waals surface area (Å²) in [6, 6.07) is 9.17. The van der Waals surface area contributed by atoms with Crippen LogP contribution >= 0.6 is 11.6 Å². The molecule has 2 aromatic heterocycles. The van der Waals surface area contributed by atoms with Gasteiger partial charge in [-0.3, -0.25) is 20.4 Å². The average molecular weight is 401 g/mol. The first-order valence-corrected chi connectivity index (χ1v) is 9.23. The molecule has 0 radical (unpaired) electrons. The highest BCUT2D eigenvalue weighted by Crippen LogP contribution is 2.21. The van der Waals surface area contributed by atoms with E-state index >= 15 is 0 Å². The normalized spacial score (nSPS) is 10.7. The molecule has 8 heteroatoms. The van der Waals surface area contributed by atoms with Crippen molar-refractivity contribution in [3.05, 3.63) is 64.6 Å². The van der Waals surface area contributed by atoms with Crippen LogP contribution in [-0.4, -0.2) is 27.8 Å². The predicted molar refractivity (Wildman–Crippen MR) is 106 cm³/mol. The van der Waals surface area contributed by atoms with Crippen LogP contribution in [0.4, 0.5) is 0 Å². The minimum absolute atomic E-state index is 0.220. The van der Waals surface area contributed by atoms with Crippen LogP contribution in [0.3, 0.4) is 0 Å². The topological polar surface area (TPSA) is 84.7 Å². The fourth-order valence-electron chi connectivity index (χ4n) is 2.64. The number of benzene rings is 1. The van der Waals surface area contributed by atoms with Crippen LogP contribution in [-0.2, 0) is 4.79 Å². The van der Waals surface area contributed by atoms with Gasteiger partial charge in [0.2, 0.25) is 5.91 Å². The monoisotopic (exact) mass is 400 g/mol. The molecule has 0 fully saturated rings. The summed E-state index contributed by atoms with van der Waals surface area (Å²) >= 11 is 5.91. The van der Waals surface area contributed by atoms with E-state index in [0.717, 1.165) is 16.9 Å². The number of nitrogens with one attached hydrogen (secondary N) is 2. The van der Waals surface area contributed by atoms with Gasteiger partial charge in [0.1, 0.15) is 17.1 Å². The largest absolute Gasteiger partial charge is 0.493 e. The van der Waals surface area contributed by atoms with Crippen LogP contribution in [0.5, 0.6) is 5.75 Å². The van der Waals surface area contributed by atoms with E-state index in [-0.39, 0.29) is 18.0 Å². The van der Waals surface area contributed by atoms with Crippen LogP contribution in [0.15, 0.2) is 42.7 Å². The number of imidazole rings is 1. The van der Waals surface area contributed by atoms with Crippen molar-refractivity contribution in [1.82, 2.24) is 20.2 Å². The third-order valence-electron chi connectivity index (χ3n) is 4.11. The fraction of sp³-hybridized carbons (Fsp3) is 0.250. The summed E-state index contributed by atoms with van der Waals surface area (Å²) in [5.41, 5.74) is 7.66. The van der Waals surface area contributed by atoms with Crippen molar-refractivity contribution in [2.45, 2.75) is 26.7 Å². The van der Waals surface area contributed by atoms with Crippen LogP contribution in [0.1, 0.15) is 34.5 Å². The lowest BCUT2D eigenvalue weighted by molar-refractivity contribution is -0.122. The Balaban J connectivity index is 1.41. The Bertz CT molecular complexity index is 1020. The zero-order valence-electron chi connectivity index (χ0n) is 15.7. The van der Waals surface area contributed by atoms with Gasteiger partial charge >= 0.3 is 0 Å². The number of carbonyl (C=O) groups excluding carboxylic acids is 2. The highest BCUT2D eigenvalue weighted by atomic mass is 35.5. The Kier molecular flexibility index (Phi) is 6.16. The van der Waals surface area contributed by atoms with Crippen molar-refractivity contribution < 1.29 is 14.3 Å². The smallest absolute Gasteiger partial charge is 0.289 e. The zero-order valence-corrected chi connectivity index (χ0v) is 16.4. The first kappa shape index (κ1) is 19.7. The maximum atomic E-state index is 12.1. The number of halogens is 1. The number of aryl methyl sites for hydroxylation is 2. The van der Waals surface area contributed by atoms with Crippen LogP contribution < -0.4 is 15.6 Å². The molecule has 1 aromatic carbocycles. The molecule has 146 valence electrons. The lowest BCUT2D eigenvalue weighted by atomic mass is 10.2. The number of fused-ring (bicyclic) bond motifs is 1. The molecule has 0 aliphatic carbocycles. The van der Waals surface area contributed by atoms with E-state index in [1.54, 1.807) is 22.7 Å². The number of hydrazine groups is 1. The second-order valence-electron chi connectivity index (χ2n) is 6.46. The van der Waals surface area contributed by atoms with E-state index in [9.17, 15) is 9.59 Å². The molecule has 3 rings (SSSR count). The summed E-state index contributed by atoms with van der Waals surface area (Å²) in [6.07, 6.45) is 4.17. The number of hydrogen-bond donors (Lipinski definition) is 2. The first-order chi connectivity index (χ1) is 13.4. The Morgan fingerprint density at radius 1 is 1.18 bits per heavy atom. The number of ether oxygens (including phenoxy) is 1. The highest BCUT2D eigenvalue weighted by molar-refractivity contribution is 6.30. The van der Waals surface area contributed by atoms with Gasteiger partial charge in [-0.25, -0.2) is 4.98 Å². The molecule has 0 unspecified atom stereocenters. The summed E-state index contributed by atoms with van der Waals surface area (Å²) < 4.78 is 7.39. The van der Waals surface area contributed by atoms with Crippen molar-refractivity contribution in [3.8, 4) is 5.75 Å². The summed E-state index contributed by atoms with van der Waals surface area (Å²) in [5, 5.41) is 0.653. The van der Waals surface area contributed by atoms with Gasteiger partial charge < -0.3 is 9.14 Å². The van der Waals surface area contributed by atoms with Crippen molar-refractivity contribution >= 4 is 29.1 Å². The number of amides is 2. The third kappa shape index (κ3) is 5.01. The van der Waals surface area contributed by atoms with Gasteiger partial charge in [-0.15, -0.1) is 0 Å². The second kappa shape index (κ2) is 8.75. The zero-order chi connectivity index (χ0) is 20.1. The van der Waals surface area contributed by atoms with Crippen LogP contribution in [0.2, 0.25) is 5.02 Å². The standard InChI is InChI=1S/C20H21ClN4O3/c1-13-7-8-25-12-16(22-18(25)10-13)20(27)24-23-19(26)4-3-9-28-17-6-5-15(21)11-14(17)2/h5-8,10-12H,3-4,9H2,1-2H3,(H,23,26)(H,24,27). The van der Waals surface area contributed by atoms with Gasteiger partial charge in [-0.1, -0.05) is 11.6 Å². The molecule has 0 aliphatic rings. The van der Waals surface area contributed by atoms with Gasteiger partial charge in [0, 0.05) is 23.8 Å². The highest BCUT2D eigenvalue weighted by Gasteiger charge is 2.12. The first-order valence-electron chi connectivity index (χ1n) is 8.86. The number of rotatable bonds is 6. The lowest BCUT2D eigenvalue weighted by Crippen LogP contribution is -2.41. The molecule has 0 atom stereocenters. The molecule has 3 aromatic rings. The molecule has 2 heterocycles.